The van der Waals surface area contributed by atoms with Crippen LogP contribution in [-0.4, -0.2) is 15.9 Å². The molecule has 0 fully saturated rings. The van der Waals surface area contributed by atoms with Crippen LogP contribution in [0.15, 0.2) is 83.2 Å². The van der Waals surface area contributed by atoms with Crippen molar-refractivity contribution in [3.63, 3.8) is 0 Å². The predicted molar refractivity (Wildman–Crippen MR) is 125 cm³/mol. The monoisotopic (exact) mass is 601 g/mol. The van der Waals surface area contributed by atoms with Crippen molar-refractivity contribution >= 4 is 38.4 Å². The number of aromatic nitrogens is 1. The van der Waals surface area contributed by atoms with Crippen molar-refractivity contribution < 1.29 is 34.4 Å². The number of aliphatic hydroxyl groups excluding tert-OH is 1. The molecular formula is C27H22IrNO3-. The molecule has 0 unspecified atom stereocenters. The Hall–Kier alpha value is -3.27. The summed E-state index contributed by atoms with van der Waals surface area (Å²) >= 11 is 0. The van der Waals surface area contributed by atoms with Crippen LogP contribution in [0.1, 0.15) is 19.4 Å². The van der Waals surface area contributed by atoms with Crippen LogP contribution in [0.5, 0.6) is 0 Å². The Kier molecular flexibility index (Phi) is 7.24. The number of hydrogen-bond donors (Lipinski definition) is 1. The standard InChI is InChI=1S/C22H14NO.C5H8O2.Ir/c1-14-12-15-6-2-3-7-16(15)13-19(14)21-22-18(10-11-24-22)17-8-4-5-9-20(17)23-21;1-4(6)3-5(2)7;/h2-12H,1H3;3,6H,1-2H3;/q-1;;/b;4-3-;. The Morgan fingerprint density at radius 1 is 1.03 bits per heavy atom. The van der Waals surface area contributed by atoms with Crippen molar-refractivity contribution in [3.05, 3.63) is 90.4 Å². The van der Waals surface area contributed by atoms with Gasteiger partial charge in [-0.2, -0.15) is 0 Å². The summed E-state index contributed by atoms with van der Waals surface area (Å²) in [7, 11) is 0. The average molecular weight is 601 g/mol. The van der Waals surface area contributed by atoms with Gasteiger partial charge in [-0.3, -0.25) is 9.78 Å². The molecule has 163 valence electrons. The molecular weight excluding hydrogens is 579 g/mol. The Morgan fingerprint density at radius 3 is 2.47 bits per heavy atom. The first-order chi connectivity index (χ1) is 14.9. The number of nitrogens with zero attached hydrogens (tertiary/aromatic N) is 1. The van der Waals surface area contributed by atoms with Crippen molar-refractivity contribution in [2.24, 2.45) is 0 Å². The third-order valence-electron chi connectivity index (χ3n) is 4.94. The van der Waals surface area contributed by atoms with Crippen LogP contribution in [-0.2, 0) is 24.9 Å². The van der Waals surface area contributed by atoms with Gasteiger partial charge < -0.3 is 9.52 Å². The van der Waals surface area contributed by atoms with E-state index in [1.165, 1.54) is 25.3 Å². The molecule has 0 amide bonds. The second kappa shape index (κ2) is 9.90. The van der Waals surface area contributed by atoms with Crippen LogP contribution < -0.4 is 0 Å². The van der Waals surface area contributed by atoms with E-state index in [0.29, 0.717) is 0 Å². The number of aliphatic hydroxyl groups is 1. The number of para-hydroxylation sites is 1. The SMILES string of the molecule is CC(=O)/C=C(/C)O.Cc1cc2ccccc2[c-]c1-c1nc2ccccc2c2ccoc12.[Ir]. The van der Waals surface area contributed by atoms with Gasteiger partial charge in [0.2, 0.25) is 0 Å². The first kappa shape index (κ1) is 23.4. The molecule has 3 aromatic carbocycles. The summed E-state index contributed by atoms with van der Waals surface area (Å²) in [4.78, 5) is 14.9. The number of carbonyl (C=O) groups excluding carboxylic acids is 1. The number of carbonyl (C=O) groups is 1. The molecule has 2 aromatic heterocycles. The van der Waals surface area contributed by atoms with E-state index in [1.54, 1.807) is 6.26 Å². The van der Waals surface area contributed by atoms with E-state index in [-0.39, 0.29) is 31.6 Å². The van der Waals surface area contributed by atoms with E-state index in [1.807, 2.05) is 36.4 Å². The molecule has 0 atom stereocenters. The number of pyridine rings is 1. The maximum Gasteiger partial charge on any atom is 0.155 e. The predicted octanol–water partition coefficient (Wildman–Crippen LogP) is 6.94. The molecule has 5 aromatic rings. The number of furan rings is 1. The van der Waals surface area contributed by atoms with Gasteiger partial charge in [0.15, 0.2) is 5.78 Å². The van der Waals surface area contributed by atoms with Gasteiger partial charge in [-0.25, -0.2) is 0 Å². The summed E-state index contributed by atoms with van der Waals surface area (Å²) in [6, 6.07) is 24.2. The number of allylic oxidation sites excluding steroid dienone is 2. The average Bonchev–Trinajstić information content (AvgIpc) is 3.22. The van der Waals surface area contributed by atoms with Crippen molar-refractivity contribution in [2.75, 3.05) is 0 Å². The summed E-state index contributed by atoms with van der Waals surface area (Å²) < 4.78 is 5.80. The largest absolute Gasteiger partial charge is 0.512 e. The quantitative estimate of drug-likeness (QED) is 0.135. The van der Waals surface area contributed by atoms with Crippen LogP contribution in [0.3, 0.4) is 0 Å². The molecule has 5 rings (SSSR count). The molecule has 1 N–H and O–H groups in total. The molecule has 0 bridgehead atoms. The van der Waals surface area contributed by atoms with Gasteiger partial charge in [-0.15, -0.1) is 29.1 Å². The number of aryl methyl sites for hydroxylation is 1. The van der Waals surface area contributed by atoms with E-state index in [4.69, 9.17) is 14.5 Å². The zero-order valence-corrected chi connectivity index (χ0v) is 20.4. The van der Waals surface area contributed by atoms with Crippen molar-refractivity contribution in [1.82, 2.24) is 4.98 Å². The fraction of sp³-hybridized carbons (Fsp3) is 0.111. The summed E-state index contributed by atoms with van der Waals surface area (Å²) in [6.45, 7) is 4.95. The summed E-state index contributed by atoms with van der Waals surface area (Å²) in [6.07, 6.45) is 2.90. The molecule has 0 spiro atoms. The third kappa shape index (κ3) is 4.80. The summed E-state index contributed by atoms with van der Waals surface area (Å²) in [5, 5.41) is 12.9. The van der Waals surface area contributed by atoms with E-state index in [0.717, 1.165) is 44.1 Å². The minimum absolute atomic E-state index is 0. The van der Waals surface area contributed by atoms with Crippen LogP contribution in [0.4, 0.5) is 0 Å². The van der Waals surface area contributed by atoms with Crippen LogP contribution in [0, 0.1) is 13.0 Å². The van der Waals surface area contributed by atoms with Crippen molar-refractivity contribution in [3.8, 4) is 11.3 Å². The van der Waals surface area contributed by atoms with Crippen LogP contribution >= 0.6 is 0 Å². The normalized spacial score (nSPS) is 11.2. The van der Waals surface area contributed by atoms with E-state index >= 15 is 0 Å². The zero-order valence-electron chi connectivity index (χ0n) is 18.0. The van der Waals surface area contributed by atoms with Gasteiger partial charge in [0.25, 0.3) is 0 Å². The minimum atomic E-state index is -0.125. The number of benzene rings is 3. The Balaban J connectivity index is 0.000000318. The minimum Gasteiger partial charge on any atom is -0.512 e. The third-order valence-corrected chi connectivity index (χ3v) is 4.94. The van der Waals surface area contributed by atoms with Gasteiger partial charge >= 0.3 is 0 Å². The maximum absolute atomic E-state index is 10.0. The smallest absolute Gasteiger partial charge is 0.155 e. The summed E-state index contributed by atoms with van der Waals surface area (Å²) in [5.41, 5.74) is 4.80. The fourth-order valence-electron chi connectivity index (χ4n) is 3.66. The van der Waals surface area contributed by atoms with Crippen molar-refractivity contribution in [1.29, 1.82) is 0 Å². The Labute approximate surface area is 199 Å². The zero-order chi connectivity index (χ0) is 22.0. The van der Waals surface area contributed by atoms with Gasteiger partial charge in [0.1, 0.15) is 5.58 Å². The molecule has 0 aliphatic rings. The number of rotatable bonds is 2. The maximum atomic E-state index is 10.0. The van der Waals surface area contributed by atoms with Crippen LogP contribution in [0.2, 0.25) is 0 Å². The molecule has 5 heteroatoms. The second-order valence-electron chi connectivity index (χ2n) is 7.45. The van der Waals surface area contributed by atoms with Crippen molar-refractivity contribution in [2.45, 2.75) is 20.8 Å². The van der Waals surface area contributed by atoms with E-state index in [2.05, 4.69) is 37.3 Å². The van der Waals surface area contributed by atoms with Gasteiger partial charge in [-0.1, -0.05) is 54.3 Å². The molecule has 1 radical (unpaired) electrons. The molecule has 0 saturated heterocycles. The number of fused-ring (bicyclic) bond motifs is 4. The van der Waals surface area contributed by atoms with E-state index in [9.17, 15) is 4.79 Å². The van der Waals surface area contributed by atoms with Gasteiger partial charge in [-0.05, 0) is 26.0 Å². The molecule has 0 aliphatic heterocycles. The number of hydrogen-bond acceptors (Lipinski definition) is 4. The molecule has 0 saturated carbocycles. The Morgan fingerprint density at radius 2 is 1.75 bits per heavy atom. The van der Waals surface area contributed by atoms with Gasteiger partial charge in [0, 0.05) is 42.6 Å². The first-order valence-electron chi connectivity index (χ1n) is 10.00. The fourth-order valence-corrected chi connectivity index (χ4v) is 3.66. The topological polar surface area (TPSA) is 63.3 Å². The van der Waals surface area contributed by atoms with E-state index < -0.39 is 0 Å². The summed E-state index contributed by atoms with van der Waals surface area (Å²) in [5.74, 6) is -0.0625. The number of ketones is 1. The molecule has 2 heterocycles. The first-order valence-corrected chi connectivity index (χ1v) is 10.00. The van der Waals surface area contributed by atoms with Crippen LogP contribution in [0.25, 0.3) is 43.9 Å². The molecule has 32 heavy (non-hydrogen) atoms. The van der Waals surface area contributed by atoms with Gasteiger partial charge in [0.05, 0.1) is 17.5 Å². The molecule has 0 aliphatic carbocycles. The Bertz CT molecular complexity index is 1450. The second-order valence-corrected chi connectivity index (χ2v) is 7.45. The molecule has 4 nitrogen and oxygen atoms in total.